The quantitative estimate of drug-likeness (QED) is 0.685. The fraction of sp³-hybridized carbons (Fsp3) is 0.167. The van der Waals surface area contributed by atoms with E-state index >= 15 is 0 Å². The summed E-state index contributed by atoms with van der Waals surface area (Å²) in [7, 11) is 0. The van der Waals surface area contributed by atoms with Crippen LogP contribution in [0.4, 0.5) is 11.8 Å². The van der Waals surface area contributed by atoms with Gasteiger partial charge in [0.2, 0.25) is 5.95 Å². The molecule has 0 atom stereocenters. The first-order valence-corrected chi connectivity index (χ1v) is 8.13. The summed E-state index contributed by atoms with van der Waals surface area (Å²) in [6.45, 7) is 1.43. The second-order valence-corrected chi connectivity index (χ2v) is 5.74. The van der Waals surface area contributed by atoms with Crippen LogP contribution in [-0.2, 0) is 13.0 Å². The van der Waals surface area contributed by atoms with Crippen LogP contribution in [0.15, 0.2) is 60.8 Å². The van der Waals surface area contributed by atoms with Crippen molar-refractivity contribution < 1.29 is 0 Å². The van der Waals surface area contributed by atoms with Gasteiger partial charge in [-0.1, -0.05) is 54.1 Å². The van der Waals surface area contributed by atoms with Crippen molar-refractivity contribution in [1.29, 1.82) is 0 Å². The largest absolute Gasteiger partial charge is 0.368 e. The van der Waals surface area contributed by atoms with Gasteiger partial charge in [-0.3, -0.25) is 0 Å². The summed E-state index contributed by atoms with van der Waals surface area (Å²) in [5, 5.41) is 15.2. The minimum absolute atomic E-state index is 0.510. The second-order valence-electron chi connectivity index (χ2n) is 5.31. The molecule has 1 aromatic heterocycles. The number of halogens is 1. The van der Waals surface area contributed by atoms with Crippen LogP contribution in [0.1, 0.15) is 11.1 Å². The molecule has 122 valence electrons. The Balaban J connectivity index is 1.50. The molecule has 0 unspecified atom stereocenters. The van der Waals surface area contributed by atoms with Crippen molar-refractivity contribution in [3.8, 4) is 0 Å². The summed E-state index contributed by atoms with van der Waals surface area (Å²) < 4.78 is 0. The third-order valence-electron chi connectivity index (χ3n) is 3.49. The summed E-state index contributed by atoms with van der Waals surface area (Å²) >= 11 is 5.89. The minimum Gasteiger partial charge on any atom is -0.368 e. The number of hydrogen-bond acceptors (Lipinski definition) is 5. The van der Waals surface area contributed by atoms with Gasteiger partial charge in [0, 0.05) is 18.1 Å². The molecule has 0 amide bonds. The zero-order chi connectivity index (χ0) is 16.6. The minimum atomic E-state index is 0.510. The van der Waals surface area contributed by atoms with Crippen molar-refractivity contribution >= 4 is 23.4 Å². The second kappa shape index (κ2) is 8.26. The molecule has 0 aliphatic heterocycles. The van der Waals surface area contributed by atoms with Gasteiger partial charge in [0.1, 0.15) is 0 Å². The van der Waals surface area contributed by atoms with Gasteiger partial charge in [-0.2, -0.15) is 10.1 Å². The van der Waals surface area contributed by atoms with Gasteiger partial charge in [0.05, 0.1) is 6.20 Å². The van der Waals surface area contributed by atoms with E-state index in [-0.39, 0.29) is 0 Å². The van der Waals surface area contributed by atoms with Crippen LogP contribution in [0.2, 0.25) is 5.02 Å². The molecule has 0 saturated heterocycles. The molecular formula is C18H18ClN5. The molecule has 2 N–H and O–H groups in total. The number of aromatic nitrogens is 3. The van der Waals surface area contributed by atoms with Crippen LogP contribution >= 0.6 is 11.6 Å². The van der Waals surface area contributed by atoms with Crippen molar-refractivity contribution in [3.63, 3.8) is 0 Å². The molecule has 2 aromatic carbocycles. The Morgan fingerprint density at radius 3 is 2.46 bits per heavy atom. The molecule has 3 rings (SSSR count). The molecule has 0 fully saturated rings. The van der Waals surface area contributed by atoms with E-state index in [1.54, 1.807) is 6.20 Å². The van der Waals surface area contributed by atoms with Crippen LogP contribution < -0.4 is 10.6 Å². The molecule has 0 bridgehead atoms. The van der Waals surface area contributed by atoms with E-state index in [2.05, 4.69) is 37.9 Å². The number of anilines is 2. The van der Waals surface area contributed by atoms with Gasteiger partial charge in [0.25, 0.3) is 0 Å². The maximum Gasteiger partial charge on any atom is 0.244 e. The third-order valence-corrected chi connectivity index (χ3v) is 3.74. The zero-order valence-corrected chi connectivity index (χ0v) is 13.9. The fourth-order valence-corrected chi connectivity index (χ4v) is 2.35. The number of nitrogens with zero attached hydrogens (tertiary/aromatic N) is 3. The normalized spacial score (nSPS) is 10.4. The highest BCUT2D eigenvalue weighted by Gasteiger charge is 2.01. The Hall–Kier alpha value is -2.66. The Morgan fingerprint density at radius 1 is 0.875 bits per heavy atom. The molecule has 0 spiro atoms. The zero-order valence-electron chi connectivity index (χ0n) is 13.1. The van der Waals surface area contributed by atoms with Gasteiger partial charge in [-0.25, -0.2) is 0 Å². The highest BCUT2D eigenvalue weighted by Crippen LogP contribution is 2.11. The van der Waals surface area contributed by atoms with Gasteiger partial charge < -0.3 is 10.6 Å². The Morgan fingerprint density at radius 2 is 1.67 bits per heavy atom. The maximum atomic E-state index is 5.89. The average molecular weight is 340 g/mol. The van der Waals surface area contributed by atoms with Crippen molar-refractivity contribution in [2.75, 3.05) is 17.2 Å². The van der Waals surface area contributed by atoms with E-state index in [0.29, 0.717) is 18.3 Å². The molecule has 0 aliphatic carbocycles. The Labute approximate surface area is 146 Å². The summed E-state index contributed by atoms with van der Waals surface area (Å²) in [6, 6.07) is 17.9. The molecule has 0 saturated carbocycles. The van der Waals surface area contributed by atoms with Crippen LogP contribution in [0.3, 0.4) is 0 Å². The van der Waals surface area contributed by atoms with Crippen LogP contribution in [-0.4, -0.2) is 21.7 Å². The molecule has 5 nitrogen and oxygen atoms in total. The van der Waals surface area contributed by atoms with Gasteiger partial charge in [0.15, 0.2) is 5.82 Å². The molecule has 6 heteroatoms. The monoisotopic (exact) mass is 339 g/mol. The highest BCUT2D eigenvalue weighted by atomic mass is 35.5. The van der Waals surface area contributed by atoms with Crippen LogP contribution in [0.5, 0.6) is 0 Å². The van der Waals surface area contributed by atoms with Gasteiger partial charge in [-0.05, 0) is 29.7 Å². The van der Waals surface area contributed by atoms with E-state index in [4.69, 9.17) is 11.6 Å². The first-order valence-electron chi connectivity index (χ1n) is 7.75. The lowest BCUT2D eigenvalue weighted by Gasteiger charge is -2.08. The molecular weight excluding hydrogens is 322 g/mol. The predicted octanol–water partition coefficient (Wildman–Crippen LogP) is 3.79. The third kappa shape index (κ3) is 4.93. The molecule has 24 heavy (non-hydrogen) atoms. The molecule has 1 heterocycles. The summed E-state index contributed by atoms with van der Waals surface area (Å²) in [4.78, 5) is 4.42. The lowest BCUT2D eigenvalue weighted by molar-refractivity contribution is 0.929. The first kappa shape index (κ1) is 16.2. The van der Waals surface area contributed by atoms with Gasteiger partial charge in [-0.15, -0.1) is 5.10 Å². The van der Waals surface area contributed by atoms with E-state index < -0.39 is 0 Å². The number of hydrogen-bond donors (Lipinski definition) is 2. The molecule has 0 aliphatic rings. The lowest BCUT2D eigenvalue weighted by Crippen LogP contribution is -2.10. The standard InChI is InChI=1S/C18H18ClN5/c19-16-8-6-14(7-9-16)10-11-20-17-13-22-24-18(23-17)21-12-15-4-2-1-3-5-15/h1-9,13H,10-12H2,(H2,20,21,23,24). The average Bonchev–Trinajstić information content (AvgIpc) is 2.63. The Kier molecular flexibility index (Phi) is 5.58. The highest BCUT2D eigenvalue weighted by molar-refractivity contribution is 6.30. The van der Waals surface area contributed by atoms with E-state index in [1.165, 1.54) is 11.1 Å². The van der Waals surface area contributed by atoms with E-state index in [0.717, 1.165) is 18.0 Å². The maximum absolute atomic E-state index is 5.89. The topological polar surface area (TPSA) is 62.7 Å². The van der Waals surface area contributed by atoms with Crippen molar-refractivity contribution in [2.45, 2.75) is 13.0 Å². The SMILES string of the molecule is Clc1ccc(CCNc2cnnc(NCc3ccccc3)n2)cc1. The smallest absolute Gasteiger partial charge is 0.244 e. The number of benzene rings is 2. The van der Waals surface area contributed by atoms with E-state index in [9.17, 15) is 0 Å². The van der Waals surface area contributed by atoms with Crippen molar-refractivity contribution in [1.82, 2.24) is 15.2 Å². The fourth-order valence-electron chi connectivity index (χ4n) is 2.23. The number of rotatable bonds is 7. The summed E-state index contributed by atoms with van der Waals surface area (Å²) in [5.41, 5.74) is 2.39. The predicted molar refractivity (Wildman–Crippen MR) is 97.2 cm³/mol. The van der Waals surface area contributed by atoms with E-state index in [1.807, 2.05) is 42.5 Å². The van der Waals surface area contributed by atoms with Crippen molar-refractivity contribution in [3.05, 3.63) is 76.9 Å². The first-order chi connectivity index (χ1) is 11.8. The van der Waals surface area contributed by atoms with Crippen LogP contribution in [0.25, 0.3) is 0 Å². The summed E-state index contributed by atoms with van der Waals surface area (Å²) in [5.74, 6) is 1.21. The van der Waals surface area contributed by atoms with Crippen LogP contribution in [0, 0.1) is 0 Å². The van der Waals surface area contributed by atoms with Crippen molar-refractivity contribution in [2.24, 2.45) is 0 Å². The lowest BCUT2D eigenvalue weighted by atomic mass is 10.1. The summed E-state index contributed by atoms with van der Waals surface area (Å²) in [6.07, 6.45) is 2.50. The molecule has 0 radical (unpaired) electrons. The molecule has 3 aromatic rings. The Bertz CT molecular complexity index is 762. The number of nitrogens with one attached hydrogen (secondary N) is 2. The van der Waals surface area contributed by atoms with Gasteiger partial charge >= 0.3 is 0 Å².